The van der Waals surface area contributed by atoms with Crippen LogP contribution in [0.15, 0.2) is 48.7 Å². The van der Waals surface area contributed by atoms with Gasteiger partial charge in [0, 0.05) is 17.8 Å². The average Bonchev–Trinajstić information content (AvgIpc) is 2.90. The normalized spacial score (nSPS) is 10.4. The predicted molar refractivity (Wildman–Crippen MR) is 75.6 cm³/mol. The van der Waals surface area contributed by atoms with E-state index in [-0.39, 0.29) is 0 Å². The zero-order valence-electron chi connectivity index (χ0n) is 10.9. The quantitative estimate of drug-likeness (QED) is 0.784. The van der Waals surface area contributed by atoms with Crippen molar-refractivity contribution in [3.8, 4) is 22.8 Å². The highest BCUT2D eigenvalue weighted by atomic mass is 16.5. The Morgan fingerprint density at radius 2 is 1.95 bits per heavy atom. The molecule has 0 fully saturated rings. The van der Waals surface area contributed by atoms with Gasteiger partial charge in [0.25, 0.3) is 0 Å². The van der Waals surface area contributed by atoms with Gasteiger partial charge in [0.15, 0.2) is 5.82 Å². The Kier molecular flexibility index (Phi) is 3.04. The van der Waals surface area contributed by atoms with Crippen molar-refractivity contribution in [3.63, 3.8) is 0 Å². The van der Waals surface area contributed by atoms with E-state index in [0.717, 1.165) is 17.0 Å². The molecule has 0 saturated heterocycles. The number of ether oxygens (including phenoxy) is 1. The molecule has 6 nitrogen and oxygen atoms in total. The lowest BCUT2D eigenvalue weighted by atomic mass is 10.1. The number of hydrogen-bond acceptors (Lipinski definition) is 5. The molecular weight excluding hydrogens is 254 g/mol. The Morgan fingerprint density at radius 3 is 2.60 bits per heavy atom. The van der Waals surface area contributed by atoms with Crippen molar-refractivity contribution in [1.29, 1.82) is 0 Å². The van der Waals surface area contributed by atoms with Crippen LogP contribution in [0.1, 0.15) is 0 Å². The van der Waals surface area contributed by atoms with Gasteiger partial charge in [-0.1, -0.05) is 0 Å². The highest BCUT2D eigenvalue weighted by molar-refractivity contribution is 5.64. The van der Waals surface area contributed by atoms with Gasteiger partial charge in [-0.15, -0.1) is 5.10 Å². The van der Waals surface area contributed by atoms with E-state index in [9.17, 15) is 0 Å². The van der Waals surface area contributed by atoms with E-state index in [4.69, 9.17) is 10.5 Å². The maximum absolute atomic E-state index is 5.97. The van der Waals surface area contributed by atoms with Crippen LogP contribution in [-0.2, 0) is 0 Å². The summed E-state index contributed by atoms with van der Waals surface area (Å²) in [6.07, 6.45) is 1.60. The second-order valence-electron chi connectivity index (χ2n) is 4.18. The Balaban J connectivity index is 2.00. The predicted octanol–water partition coefficient (Wildman–Crippen LogP) is 1.92. The second kappa shape index (κ2) is 5.00. The first-order valence-electron chi connectivity index (χ1n) is 6.06. The fraction of sp³-hybridized carbons (Fsp3) is 0.0714. The zero-order valence-corrected chi connectivity index (χ0v) is 10.9. The molecule has 3 rings (SSSR count). The van der Waals surface area contributed by atoms with Crippen molar-refractivity contribution in [2.24, 2.45) is 0 Å². The summed E-state index contributed by atoms with van der Waals surface area (Å²) in [5, 5.41) is 12.3. The summed E-state index contributed by atoms with van der Waals surface area (Å²) in [6.45, 7) is 0. The molecule has 20 heavy (non-hydrogen) atoms. The molecule has 1 aromatic carbocycles. The molecule has 2 aromatic heterocycles. The molecule has 0 aliphatic carbocycles. The van der Waals surface area contributed by atoms with Crippen LogP contribution in [0, 0.1) is 0 Å². The highest BCUT2D eigenvalue weighted by Crippen LogP contribution is 2.24. The van der Waals surface area contributed by atoms with Crippen molar-refractivity contribution in [1.82, 2.24) is 20.0 Å². The third-order valence-corrected chi connectivity index (χ3v) is 2.90. The van der Waals surface area contributed by atoms with Gasteiger partial charge in [-0.3, -0.25) is 0 Å². The van der Waals surface area contributed by atoms with Crippen LogP contribution in [0.5, 0.6) is 5.75 Å². The molecular formula is C14H13N5O. The number of methoxy groups -OCH3 is 1. The van der Waals surface area contributed by atoms with E-state index >= 15 is 0 Å². The Labute approximate surface area is 115 Å². The van der Waals surface area contributed by atoms with Crippen LogP contribution in [0.3, 0.4) is 0 Å². The lowest BCUT2D eigenvalue weighted by Crippen LogP contribution is -2.04. The fourth-order valence-corrected chi connectivity index (χ4v) is 1.89. The number of aromatic nitrogens is 4. The minimum atomic E-state index is 0.510. The Bertz CT molecular complexity index is 706. The van der Waals surface area contributed by atoms with Crippen LogP contribution < -0.4 is 10.5 Å². The molecule has 0 saturated carbocycles. The van der Waals surface area contributed by atoms with Crippen molar-refractivity contribution in [2.75, 3.05) is 12.8 Å². The molecule has 0 aliphatic heterocycles. The van der Waals surface area contributed by atoms with E-state index in [2.05, 4.69) is 15.3 Å². The number of hydrogen-bond donors (Lipinski definition) is 1. The molecule has 0 spiro atoms. The summed E-state index contributed by atoms with van der Waals surface area (Å²) >= 11 is 0. The molecule has 0 amide bonds. The van der Waals surface area contributed by atoms with Crippen LogP contribution in [0.2, 0.25) is 0 Å². The van der Waals surface area contributed by atoms with Crippen LogP contribution >= 0.6 is 0 Å². The Hall–Kier alpha value is -2.89. The number of nitrogens with zero attached hydrogens (tertiary/aromatic N) is 4. The average molecular weight is 267 g/mol. The summed E-state index contributed by atoms with van der Waals surface area (Å²) in [5.74, 6) is 1.90. The maximum Gasteiger partial charge on any atom is 0.177 e. The maximum atomic E-state index is 5.97. The van der Waals surface area contributed by atoms with E-state index in [1.165, 1.54) is 0 Å². The van der Waals surface area contributed by atoms with Crippen molar-refractivity contribution in [2.45, 2.75) is 0 Å². The van der Waals surface area contributed by atoms with E-state index in [0.29, 0.717) is 11.6 Å². The van der Waals surface area contributed by atoms with Crippen LogP contribution in [-0.4, -0.2) is 27.1 Å². The van der Waals surface area contributed by atoms with Gasteiger partial charge in [0.2, 0.25) is 0 Å². The standard InChI is InChI=1S/C14H13N5O/c1-20-11-6-4-10(5-7-11)12-9-13(15)19(18-12)14-3-2-8-16-17-14/h2-9H,15H2,1H3. The molecule has 0 atom stereocenters. The topological polar surface area (TPSA) is 78.9 Å². The molecule has 0 bridgehead atoms. The van der Waals surface area contributed by atoms with Gasteiger partial charge < -0.3 is 10.5 Å². The fourth-order valence-electron chi connectivity index (χ4n) is 1.89. The number of nitrogens with two attached hydrogens (primary N) is 1. The number of anilines is 1. The van der Waals surface area contributed by atoms with Gasteiger partial charge in [0.05, 0.1) is 12.8 Å². The van der Waals surface area contributed by atoms with Crippen molar-refractivity contribution < 1.29 is 4.74 Å². The summed E-state index contributed by atoms with van der Waals surface area (Å²) < 4.78 is 6.70. The molecule has 2 N–H and O–H groups in total. The Morgan fingerprint density at radius 1 is 1.15 bits per heavy atom. The van der Waals surface area contributed by atoms with E-state index in [1.807, 2.05) is 24.3 Å². The van der Waals surface area contributed by atoms with Gasteiger partial charge in [-0.25, -0.2) is 0 Å². The molecule has 0 aliphatic rings. The smallest absolute Gasteiger partial charge is 0.177 e. The number of rotatable bonds is 3. The third-order valence-electron chi connectivity index (χ3n) is 2.90. The summed E-state index contributed by atoms with van der Waals surface area (Å²) in [7, 11) is 1.63. The summed E-state index contributed by atoms with van der Waals surface area (Å²) in [5.41, 5.74) is 7.71. The minimum absolute atomic E-state index is 0.510. The molecule has 100 valence electrons. The molecule has 0 unspecified atom stereocenters. The lowest BCUT2D eigenvalue weighted by Gasteiger charge is -2.01. The zero-order chi connectivity index (χ0) is 13.9. The van der Waals surface area contributed by atoms with Gasteiger partial charge in [0.1, 0.15) is 11.6 Å². The lowest BCUT2D eigenvalue weighted by molar-refractivity contribution is 0.415. The summed E-state index contributed by atoms with van der Waals surface area (Å²) in [6, 6.07) is 13.0. The SMILES string of the molecule is COc1ccc(-c2cc(N)n(-c3cccnn3)n2)cc1. The van der Waals surface area contributed by atoms with E-state index in [1.54, 1.807) is 36.2 Å². The van der Waals surface area contributed by atoms with E-state index < -0.39 is 0 Å². The highest BCUT2D eigenvalue weighted by Gasteiger charge is 2.09. The van der Waals surface area contributed by atoms with Crippen molar-refractivity contribution >= 4 is 5.82 Å². The van der Waals surface area contributed by atoms with Crippen LogP contribution in [0.4, 0.5) is 5.82 Å². The van der Waals surface area contributed by atoms with Gasteiger partial charge >= 0.3 is 0 Å². The van der Waals surface area contributed by atoms with Crippen molar-refractivity contribution in [3.05, 3.63) is 48.7 Å². The van der Waals surface area contributed by atoms with Crippen LogP contribution in [0.25, 0.3) is 17.1 Å². The summed E-state index contributed by atoms with van der Waals surface area (Å²) in [4.78, 5) is 0. The first-order valence-corrected chi connectivity index (χ1v) is 6.06. The van der Waals surface area contributed by atoms with Gasteiger partial charge in [-0.05, 0) is 36.4 Å². The number of benzene rings is 1. The van der Waals surface area contributed by atoms with Gasteiger partial charge in [-0.2, -0.15) is 14.9 Å². The first-order chi connectivity index (χ1) is 9.78. The molecule has 0 radical (unpaired) electrons. The minimum Gasteiger partial charge on any atom is -0.497 e. The first kappa shape index (κ1) is 12.2. The monoisotopic (exact) mass is 267 g/mol. The molecule has 3 aromatic rings. The molecule has 2 heterocycles. The third kappa shape index (κ3) is 2.18. The number of nitrogen functional groups attached to an aromatic ring is 1. The molecule has 6 heteroatoms. The second-order valence-corrected chi connectivity index (χ2v) is 4.18. The largest absolute Gasteiger partial charge is 0.497 e.